The van der Waals surface area contributed by atoms with Crippen LogP contribution < -0.4 is 11.0 Å². The minimum absolute atomic E-state index is 0.00230. The lowest BCUT2D eigenvalue weighted by atomic mass is 10.0. The molecule has 2 N–H and O–H groups in total. The number of rotatable bonds is 6. The van der Waals surface area contributed by atoms with Crippen LogP contribution in [0.2, 0.25) is 0 Å². The summed E-state index contributed by atoms with van der Waals surface area (Å²) in [5, 5.41) is 2.98. The maximum absolute atomic E-state index is 14.0. The number of aromatic amines is 1. The van der Waals surface area contributed by atoms with Crippen LogP contribution in [0.3, 0.4) is 0 Å². The Kier molecular flexibility index (Phi) is 8.93. The molecule has 0 bridgehead atoms. The molecule has 2 aliphatic heterocycles. The number of piperidine rings is 1. The first-order valence-corrected chi connectivity index (χ1v) is 16.3. The molecule has 3 heterocycles. The smallest absolute Gasteiger partial charge is 0.410 e. The highest BCUT2D eigenvalue weighted by atomic mass is 16.6. The predicted molar refractivity (Wildman–Crippen MR) is 174 cm³/mol. The molecule has 6 rings (SSSR count). The number of urea groups is 1. The van der Waals surface area contributed by atoms with Crippen molar-refractivity contribution >= 4 is 18.0 Å². The van der Waals surface area contributed by atoms with Crippen LogP contribution >= 0.6 is 0 Å². The third-order valence-corrected chi connectivity index (χ3v) is 9.02. The van der Waals surface area contributed by atoms with Crippen LogP contribution in [0.1, 0.15) is 64.1 Å². The van der Waals surface area contributed by atoms with E-state index in [1.165, 1.54) is 0 Å². The molecule has 2 saturated heterocycles. The summed E-state index contributed by atoms with van der Waals surface area (Å²) in [5.41, 5.74) is 1.71. The van der Waals surface area contributed by atoms with E-state index in [1.807, 2.05) is 92.5 Å². The maximum Gasteiger partial charge on any atom is 0.410 e. The second-order valence-electron chi connectivity index (χ2n) is 13.7. The third kappa shape index (κ3) is 7.29. The van der Waals surface area contributed by atoms with Gasteiger partial charge >= 0.3 is 17.8 Å². The highest BCUT2D eigenvalue weighted by Gasteiger charge is 2.42. The Morgan fingerprint density at radius 1 is 0.913 bits per heavy atom. The summed E-state index contributed by atoms with van der Waals surface area (Å²) in [4.78, 5) is 62.2. The number of carbonyl (C=O) groups excluding carboxylic acids is 3. The number of nitrogens with zero attached hydrogens (tertiary/aromatic N) is 4. The Balaban J connectivity index is 1.17. The molecular formula is C35H44N6O5. The topological polar surface area (TPSA) is 120 Å². The van der Waals surface area contributed by atoms with Gasteiger partial charge in [-0.15, -0.1) is 0 Å². The molecule has 3 fully saturated rings. The first-order valence-electron chi connectivity index (χ1n) is 16.3. The largest absolute Gasteiger partial charge is 0.444 e. The third-order valence-electron chi connectivity index (χ3n) is 9.02. The zero-order valence-electron chi connectivity index (χ0n) is 26.9. The normalized spacial score (nSPS) is 21.2. The van der Waals surface area contributed by atoms with Crippen molar-refractivity contribution in [1.82, 2.24) is 29.6 Å². The number of carbonyl (C=O) groups is 3. The van der Waals surface area contributed by atoms with E-state index in [-0.39, 0.29) is 30.2 Å². The molecular weight excluding hydrogens is 584 g/mol. The molecule has 1 saturated carbocycles. The van der Waals surface area contributed by atoms with E-state index in [2.05, 4.69) is 10.3 Å². The van der Waals surface area contributed by atoms with E-state index in [0.717, 1.165) is 29.7 Å². The molecule has 0 spiro atoms. The van der Waals surface area contributed by atoms with Crippen molar-refractivity contribution in [3.05, 3.63) is 82.9 Å². The lowest BCUT2D eigenvalue weighted by Gasteiger charge is -2.35. The lowest BCUT2D eigenvalue weighted by molar-refractivity contribution is -0.132. The summed E-state index contributed by atoms with van der Waals surface area (Å²) >= 11 is 0. The van der Waals surface area contributed by atoms with E-state index in [1.54, 1.807) is 14.4 Å². The monoisotopic (exact) mass is 628 g/mol. The number of ether oxygens (including phenoxy) is 1. The van der Waals surface area contributed by atoms with Crippen molar-refractivity contribution < 1.29 is 19.1 Å². The van der Waals surface area contributed by atoms with Crippen molar-refractivity contribution in [2.75, 3.05) is 32.7 Å². The van der Waals surface area contributed by atoms with Crippen LogP contribution in [-0.2, 0) is 9.53 Å². The zero-order valence-corrected chi connectivity index (χ0v) is 26.9. The Labute approximate surface area is 269 Å². The molecule has 1 aliphatic carbocycles. The second-order valence-corrected chi connectivity index (χ2v) is 13.7. The second kappa shape index (κ2) is 13.1. The zero-order chi connectivity index (χ0) is 32.4. The molecule has 2 aromatic carbocycles. The highest BCUT2D eigenvalue weighted by Crippen LogP contribution is 2.33. The van der Waals surface area contributed by atoms with Crippen LogP contribution in [0.4, 0.5) is 9.59 Å². The van der Waals surface area contributed by atoms with Gasteiger partial charge in [-0.25, -0.2) is 14.4 Å². The van der Waals surface area contributed by atoms with Gasteiger partial charge in [-0.05, 0) is 63.5 Å². The molecule has 4 amide bonds. The highest BCUT2D eigenvalue weighted by molar-refractivity contribution is 5.88. The van der Waals surface area contributed by atoms with Crippen molar-refractivity contribution in [2.45, 2.75) is 70.2 Å². The minimum Gasteiger partial charge on any atom is -0.444 e. The Hall–Kier alpha value is -4.54. The van der Waals surface area contributed by atoms with Crippen LogP contribution in [0, 0.1) is 5.92 Å². The quantitative estimate of drug-likeness (QED) is 0.407. The SMILES string of the molecule is CC(C)(C)OC(=O)N1C[C@@H](NC(=O)N2CCC(n3cc(-c4ccccc4)[nH]c3=O)CC2)C(=O)N(CC2CC2)C[C@@H]1c1ccccc1. The van der Waals surface area contributed by atoms with Gasteiger partial charge in [-0.2, -0.15) is 0 Å². The van der Waals surface area contributed by atoms with Crippen LogP contribution in [0.25, 0.3) is 11.3 Å². The summed E-state index contributed by atoms with van der Waals surface area (Å²) in [6, 6.07) is 17.7. The van der Waals surface area contributed by atoms with Gasteiger partial charge in [-0.1, -0.05) is 60.7 Å². The summed E-state index contributed by atoms with van der Waals surface area (Å²) < 4.78 is 7.54. The number of hydrogen-bond donors (Lipinski definition) is 2. The number of H-pyrrole nitrogens is 1. The molecule has 46 heavy (non-hydrogen) atoms. The molecule has 3 aliphatic rings. The Bertz CT molecular complexity index is 1580. The number of hydrogen-bond acceptors (Lipinski definition) is 5. The first-order chi connectivity index (χ1) is 22.1. The van der Waals surface area contributed by atoms with E-state index >= 15 is 0 Å². The fourth-order valence-electron chi connectivity index (χ4n) is 6.42. The number of amides is 4. The van der Waals surface area contributed by atoms with Crippen LogP contribution in [0.15, 0.2) is 71.7 Å². The van der Waals surface area contributed by atoms with Gasteiger partial charge in [0.2, 0.25) is 5.91 Å². The fourth-order valence-corrected chi connectivity index (χ4v) is 6.42. The molecule has 0 unspecified atom stereocenters. The van der Waals surface area contributed by atoms with Gasteiger partial charge in [0.05, 0.1) is 18.3 Å². The van der Waals surface area contributed by atoms with Gasteiger partial charge in [0.25, 0.3) is 0 Å². The van der Waals surface area contributed by atoms with Crippen LogP contribution in [0.5, 0.6) is 0 Å². The number of nitrogens with one attached hydrogen (secondary N) is 2. The van der Waals surface area contributed by atoms with Gasteiger partial charge < -0.3 is 24.8 Å². The summed E-state index contributed by atoms with van der Waals surface area (Å²) in [6.07, 6.45) is 4.68. The van der Waals surface area contributed by atoms with Gasteiger partial charge in [0, 0.05) is 38.4 Å². The molecule has 1 aromatic heterocycles. The average molecular weight is 629 g/mol. The van der Waals surface area contributed by atoms with Gasteiger partial charge in [0.15, 0.2) is 0 Å². The number of aromatic nitrogens is 2. The molecule has 11 heteroatoms. The van der Waals surface area contributed by atoms with Crippen molar-refractivity contribution in [3.63, 3.8) is 0 Å². The maximum atomic E-state index is 14.0. The molecule has 11 nitrogen and oxygen atoms in total. The van der Waals surface area contributed by atoms with Crippen LogP contribution in [-0.4, -0.2) is 86.6 Å². The standard InChI is InChI=1S/C35H44N6O5/c1-35(2,3)46-34(45)41-22-29(31(42)39(20-24-14-15-24)23-30(41)26-12-8-5-9-13-26)37-32(43)38-18-16-27(17-19-38)40-21-28(36-33(40)44)25-10-6-4-7-11-25/h4-13,21,24,27,29-30H,14-20,22-23H2,1-3H3,(H,36,44)(H,37,43)/t29-,30-/m1/s1. The fraction of sp³-hybridized carbons (Fsp3) is 0.486. The summed E-state index contributed by atoms with van der Waals surface area (Å²) in [6.45, 7) is 7.24. The van der Waals surface area contributed by atoms with Crippen molar-refractivity contribution in [3.8, 4) is 11.3 Å². The molecule has 244 valence electrons. The van der Waals surface area contributed by atoms with Gasteiger partial charge in [0.1, 0.15) is 11.6 Å². The van der Waals surface area contributed by atoms with Crippen molar-refractivity contribution in [1.29, 1.82) is 0 Å². The number of benzene rings is 2. The summed E-state index contributed by atoms with van der Waals surface area (Å²) in [5.74, 6) is 0.248. The van der Waals surface area contributed by atoms with Gasteiger partial charge in [-0.3, -0.25) is 14.3 Å². The Morgan fingerprint density at radius 2 is 1.57 bits per heavy atom. The first kappa shape index (κ1) is 31.4. The molecule has 2 atom stereocenters. The van der Waals surface area contributed by atoms with Crippen molar-refractivity contribution in [2.24, 2.45) is 5.92 Å². The van der Waals surface area contributed by atoms with E-state index in [9.17, 15) is 19.2 Å². The lowest BCUT2D eigenvalue weighted by Crippen LogP contribution is -2.56. The average Bonchev–Trinajstić information content (AvgIpc) is 3.80. The van der Waals surface area contributed by atoms with E-state index < -0.39 is 23.8 Å². The Morgan fingerprint density at radius 3 is 2.20 bits per heavy atom. The molecule has 0 radical (unpaired) electrons. The minimum atomic E-state index is -0.925. The molecule has 3 aromatic rings. The number of likely N-dealkylation sites (tertiary alicyclic amines) is 1. The van der Waals surface area contributed by atoms with E-state index in [0.29, 0.717) is 44.9 Å². The number of imidazole rings is 1. The van der Waals surface area contributed by atoms with E-state index in [4.69, 9.17) is 4.74 Å². The predicted octanol–water partition coefficient (Wildman–Crippen LogP) is 4.79. The summed E-state index contributed by atoms with van der Waals surface area (Å²) in [7, 11) is 0.